The number of nitrogens with one attached hydrogen (secondary N) is 1. The Bertz CT molecular complexity index is 1090. The van der Waals surface area contributed by atoms with Crippen molar-refractivity contribution in [1.29, 1.82) is 5.26 Å². The number of aromatic nitrogens is 5. The lowest BCUT2D eigenvalue weighted by molar-refractivity contribution is 0.920. The van der Waals surface area contributed by atoms with Crippen LogP contribution in [0, 0.1) is 11.3 Å². The first kappa shape index (κ1) is 17.1. The van der Waals surface area contributed by atoms with Crippen molar-refractivity contribution >= 4 is 45.7 Å². The van der Waals surface area contributed by atoms with E-state index in [1.807, 2.05) is 6.07 Å². The van der Waals surface area contributed by atoms with Crippen molar-refractivity contribution in [3.63, 3.8) is 0 Å². The maximum atomic E-state index is 9.19. The Morgan fingerprint density at radius 2 is 2.19 bits per heavy atom. The first-order valence-corrected chi connectivity index (χ1v) is 7.72. The fraction of sp³-hybridized carbons (Fsp3) is 0. The normalized spacial score (nSPS) is 11.5. The third kappa shape index (κ3) is 3.24. The van der Waals surface area contributed by atoms with Gasteiger partial charge in [-0.05, 0) is 12.1 Å². The number of halogens is 1. The predicted molar refractivity (Wildman–Crippen MR) is 101 cm³/mol. The van der Waals surface area contributed by atoms with Crippen molar-refractivity contribution in [2.75, 3.05) is 11.1 Å². The smallest absolute Gasteiger partial charge is 0.142 e. The molecule has 128 valence electrons. The van der Waals surface area contributed by atoms with Crippen LogP contribution in [0.2, 0.25) is 0 Å². The third-order valence-corrected chi connectivity index (χ3v) is 3.76. The second-order valence-corrected chi connectivity index (χ2v) is 5.52. The van der Waals surface area contributed by atoms with Gasteiger partial charge in [-0.3, -0.25) is 0 Å². The molecule has 0 saturated heterocycles. The molecule has 8 nitrogen and oxygen atoms in total. The summed E-state index contributed by atoms with van der Waals surface area (Å²) in [5.41, 5.74) is 6.81. The molecule has 0 aliphatic rings. The minimum Gasteiger partial charge on any atom is -0.384 e. The standard InChI is InChI=1S/C17H13ClN8/c1-3-12(18)16(10(2)7-19)26-8-11-13(25-26)4-5-21-17(11)24-15-6-14(20)22-9-23-15/h3-6,8-9H,1-2H2,(H3,20,21,22,23,24)/b16-12-. The topological polar surface area (TPSA) is 118 Å². The number of anilines is 3. The maximum absolute atomic E-state index is 9.19. The summed E-state index contributed by atoms with van der Waals surface area (Å²) < 4.78 is 1.47. The first-order chi connectivity index (χ1) is 12.5. The van der Waals surface area contributed by atoms with Gasteiger partial charge in [0, 0.05) is 18.5 Å². The molecule has 9 heteroatoms. The Hall–Kier alpha value is -3.70. The van der Waals surface area contributed by atoms with E-state index >= 15 is 0 Å². The minimum atomic E-state index is 0.161. The Morgan fingerprint density at radius 1 is 1.38 bits per heavy atom. The minimum absolute atomic E-state index is 0.161. The van der Waals surface area contributed by atoms with Crippen molar-refractivity contribution in [3.8, 4) is 6.07 Å². The van der Waals surface area contributed by atoms with Gasteiger partial charge in [0.05, 0.1) is 21.5 Å². The van der Waals surface area contributed by atoms with Gasteiger partial charge in [0.15, 0.2) is 0 Å². The van der Waals surface area contributed by atoms with Crippen LogP contribution in [0.4, 0.5) is 17.5 Å². The molecule has 0 saturated carbocycles. The van der Waals surface area contributed by atoms with Gasteiger partial charge in [-0.1, -0.05) is 24.8 Å². The van der Waals surface area contributed by atoms with Crippen LogP contribution in [0.5, 0.6) is 0 Å². The summed E-state index contributed by atoms with van der Waals surface area (Å²) in [5.74, 6) is 1.34. The molecule has 0 radical (unpaired) electrons. The zero-order chi connectivity index (χ0) is 18.7. The van der Waals surface area contributed by atoms with E-state index in [1.54, 1.807) is 24.5 Å². The van der Waals surface area contributed by atoms with Gasteiger partial charge in [-0.25, -0.2) is 19.6 Å². The number of nitrogens with zero attached hydrogens (tertiary/aromatic N) is 6. The van der Waals surface area contributed by atoms with Gasteiger partial charge in [-0.15, -0.1) is 0 Å². The van der Waals surface area contributed by atoms with Crippen LogP contribution >= 0.6 is 11.6 Å². The molecule has 3 heterocycles. The largest absolute Gasteiger partial charge is 0.384 e. The summed E-state index contributed by atoms with van der Waals surface area (Å²) in [6.07, 6.45) is 6.07. The Kier molecular flexibility index (Phi) is 4.64. The monoisotopic (exact) mass is 364 g/mol. The molecule has 3 N–H and O–H groups in total. The molecule has 0 atom stereocenters. The highest BCUT2D eigenvalue weighted by atomic mass is 35.5. The molecule has 0 bridgehead atoms. The maximum Gasteiger partial charge on any atom is 0.142 e. The Labute approximate surface area is 154 Å². The second-order valence-electron chi connectivity index (χ2n) is 5.11. The summed E-state index contributed by atoms with van der Waals surface area (Å²) in [5, 5.41) is 17.7. The lowest BCUT2D eigenvalue weighted by Gasteiger charge is -2.06. The van der Waals surface area contributed by atoms with Crippen molar-refractivity contribution in [3.05, 3.63) is 60.7 Å². The van der Waals surface area contributed by atoms with Crippen LogP contribution in [0.15, 0.2) is 60.7 Å². The van der Waals surface area contributed by atoms with Crippen LogP contribution < -0.4 is 11.1 Å². The third-order valence-electron chi connectivity index (χ3n) is 3.42. The van der Waals surface area contributed by atoms with Gasteiger partial charge in [0.25, 0.3) is 0 Å². The number of rotatable bonds is 5. The molecule has 3 rings (SSSR count). The number of nitrogen functional groups attached to an aromatic ring is 1. The Morgan fingerprint density at radius 3 is 2.88 bits per heavy atom. The van der Waals surface area contributed by atoms with Gasteiger partial charge in [-0.2, -0.15) is 10.4 Å². The molecule has 0 unspecified atom stereocenters. The van der Waals surface area contributed by atoms with Crippen LogP contribution in [0.3, 0.4) is 0 Å². The van der Waals surface area contributed by atoms with Crippen molar-refractivity contribution < 1.29 is 0 Å². The van der Waals surface area contributed by atoms with Crippen LogP contribution in [0.1, 0.15) is 0 Å². The molecule has 0 fully saturated rings. The van der Waals surface area contributed by atoms with Gasteiger partial charge >= 0.3 is 0 Å². The number of nitrogens with two attached hydrogens (primary N) is 1. The van der Waals surface area contributed by atoms with Gasteiger partial charge in [0.1, 0.15) is 35.5 Å². The fourth-order valence-corrected chi connectivity index (χ4v) is 2.46. The number of hydrogen-bond acceptors (Lipinski definition) is 7. The quantitative estimate of drug-likeness (QED) is 0.527. The highest BCUT2D eigenvalue weighted by molar-refractivity contribution is 6.34. The molecular weight excluding hydrogens is 352 g/mol. The summed E-state index contributed by atoms with van der Waals surface area (Å²) in [4.78, 5) is 12.3. The van der Waals surface area contributed by atoms with E-state index in [9.17, 15) is 5.26 Å². The van der Waals surface area contributed by atoms with E-state index in [4.69, 9.17) is 17.3 Å². The zero-order valence-electron chi connectivity index (χ0n) is 13.5. The lowest BCUT2D eigenvalue weighted by atomic mass is 10.2. The molecule has 0 aromatic carbocycles. The average Bonchev–Trinajstić information content (AvgIpc) is 3.06. The van der Waals surface area contributed by atoms with Crippen molar-refractivity contribution in [1.82, 2.24) is 24.7 Å². The molecule has 3 aromatic rings. The summed E-state index contributed by atoms with van der Waals surface area (Å²) in [6.45, 7) is 7.34. The molecular formula is C17H13ClN8. The molecule has 0 aliphatic carbocycles. The van der Waals surface area contributed by atoms with E-state index in [-0.39, 0.29) is 10.6 Å². The number of hydrogen-bond donors (Lipinski definition) is 2. The van der Waals surface area contributed by atoms with Crippen LogP contribution in [0.25, 0.3) is 16.6 Å². The first-order valence-electron chi connectivity index (χ1n) is 7.34. The van der Waals surface area contributed by atoms with Crippen molar-refractivity contribution in [2.45, 2.75) is 0 Å². The molecule has 0 amide bonds. The van der Waals surface area contributed by atoms with E-state index < -0.39 is 0 Å². The van der Waals surface area contributed by atoms with E-state index in [1.165, 1.54) is 17.1 Å². The van der Waals surface area contributed by atoms with Gasteiger partial charge in [0.2, 0.25) is 0 Å². The summed E-state index contributed by atoms with van der Waals surface area (Å²) in [7, 11) is 0. The van der Waals surface area contributed by atoms with E-state index in [0.717, 1.165) is 0 Å². The van der Waals surface area contributed by atoms with Crippen molar-refractivity contribution in [2.24, 2.45) is 0 Å². The highest BCUT2D eigenvalue weighted by Crippen LogP contribution is 2.28. The number of pyridine rings is 1. The molecule has 0 aliphatic heterocycles. The van der Waals surface area contributed by atoms with Crippen LogP contribution in [-0.2, 0) is 0 Å². The highest BCUT2D eigenvalue weighted by Gasteiger charge is 2.14. The van der Waals surface area contributed by atoms with E-state index in [2.05, 4.69) is 38.5 Å². The van der Waals surface area contributed by atoms with E-state index in [0.29, 0.717) is 34.1 Å². The van der Waals surface area contributed by atoms with Crippen LogP contribution in [-0.4, -0.2) is 24.7 Å². The predicted octanol–water partition coefficient (Wildman–Crippen LogP) is 3.22. The lowest BCUT2D eigenvalue weighted by Crippen LogP contribution is -2.01. The molecule has 3 aromatic heterocycles. The zero-order valence-corrected chi connectivity index (χ0v) is 14.3. The number of allylic oxidation sites excluding steroid dienone is 4. The Balaban J connectivity index is 2.11. The fourth-order valence-electron chi connectivity index (χ4n) is 2.26. The number of nitriles is 1. The van der Waals surface area contributed by atoms with Gasteiger partial charge < -0.3 is 11.1 Å². The SMILES string of the molecule is C=C/C(Cl)=C(\C(=C)C#N)n1cc2c(Nc3cc(N)ncn3)nccc2n1. The molecule has 0 spiro atoms. The summed E-state index contributed by atoms with van der Waals surface area (Å²) in [6, 6.07) is 5.30. The molecule has 26 heavy (non-hydrogen) atoms. The average molecular weight is 365 g/mol. The number of fused-ring (bicyclic) bond motifs is 1. The second kappa shape index (κ2) is 7.04. The summed E-state index contributed by atoms with van der Waals surface area (Å²) >= 11 is 6.18.